The van der Waals surface area contributed by atoms with Gasteiger partial charge in [0.25, 0.3) is 5.69 Å². The van der Waals surface area contributed by atoms with E-state index in [0.717, 1.165) is 16.6 Å². The first-order valence-electron chi connectivity index (χ1n) is 8.04. The number of imidazole rings is 1. The van der Waals surface area contributed by atoms with Crippen LogP contribution in [0.4, 0.5) is 5.69 Å². The molecule has 0 bridgehead atoms. The summed E-state index contributed by atoms with van der Waals surface area (Å²) in [4.78, 5) is 20.6. The molecule has 2 aromatic carbocycles. The summed E-state index contributed by atoms with van der Waals surface area (Å²) in [5, 5.41) is 24.8. The molecular weight excluding hydrogens is 334 g/mol. The third-order valence-electron chi connectivity index (χ3n) is 4.91. The standard InChI is InChI=1S/C18H11N5O3/c19-9-12-15-16(10-5-7-11(8-6-10)23(24)25)26-21-18(15)22-14-4-2-1-3-13(14)20-17(12)22/h1-8,12,15-16H. The minimum atomic E-state index is -0.496. The number of oxime groups is 1. The van der Waals surface area contributed by atoms with Gasteiger partial charge in [-0.2, -0.15) is 5.26 Å². The minimum absolute atomic E-state index is 0.00932. The van der Waals surface area contributed by atoms with E-state index < -0.39 is 16.9 Å². The summed E-state index contributed by atoms with van der Waals surface area (Å²) in [5.74, 6) is 0.522. The van der Waals surface area contributed by atoms with Gasteiger partial charge in [0.2, 0.25) is 0 Å². The van der Waals surface area contributed by atoms with Gasteiger partial charge >= 0.3 is 0 Å². The van der Waals surface area contributed by atoms with Crippen LogP contribution >= 0.6 is 0 Å². The molecule has 26 heavy (non-hydrogen) atoms. The Morgan fingerprint density at radius 3 is 2.69 bits per heavy atom. The number of aromatic nitrogens is 2. The van der Waals surface area contributed by atoms with Crippen LogP contribution in [0, 0.1) is 27.4 Å². The number of benzene rings is 2. The molecule has 2 aliphatic rings. The van der Waals surface area contributed by atoms with E-state index in [0.29, 0.717) is 11.7 Å². The van der Waals surface area contributed by atoms with Crippen molar-refractivity contribution in [1.82, 2.24) is 9.55 Å². The monoisotopic (exact) mass is 345 g/mol. The third kappa shape index (κ3) is 1.82. The van der Waals surface area contributed by atoms with Crippen molar-refractivity contribution < 1.29 is 9.76 Å². The van der Waals surface area contributed by atoms with Gasteiger partial charge in [-0.25, -0.2) is 4.98 Å². The number of nitro groups is 1. The van der Waals surface area contributed by atoms with E-state index in [2.05, 4.69) is 16.2 Å². The highest BCUT2D eigenvalue weighted by molar-refractivity contribution is 6.00. The molecular formula is C18H11N5O3. The van der Waals surface area contributed by atoms with Gasteiger partial charge in [-0.05, 0) is 29.8 Å². The summed E-state index contributed by atoms with van der Waals surface area (Å²) >= 11 is 0. The fourth-order valence-electron chi connectivity index (χ4n) is 3.73. The Morgan fingerprint density at radius 2 is 1.96 bits per heavy atom. The van der Waals surface area contributed by atoms with Gasteiger partial charge in [0.1, 0.15) is 11.7 Å². The van der Waals surface area contributed by atoms with E-state index in [1.54, 1.807) is 12.1 Å². The van der Waals surface area contributed by atoms with E-state index in [9.17, 15) is 15.4 Å². The van der Waals surface area contributed by atoms with E-state index in [-0.39, 0.29) is 11.6 Å². The second-order valence-corrected chi connectivity index (χ2v) is 6.25. The van der Waals surface area contributed by atoms with Crippen LogP contribution in [0.2, 0.25) is 0 Å². The first-order chi connectivity index (χ1) is 12.7. The van der Waals surface area contributed by atoms with Crippen LogP contribution in [-0.4, -0.2) is 20.3 Å². The maximum Gasteiger partial charge on any atom is 0.269 e. The van der Waals surface area contributed by atoms with Crippen LogP contribution in [0.3, 0.4) is 0 Å². The molecule has 0 spiro atoms. The maximum atomic E-state index is 10.8. The lowest BCUT2D eigenvalue weighted by molar-refractivity contribution is -0.384. The van der Waals surface area contributed by atoms with Crippen molar-refractivity contribution in [1.29, 1.82) is 5.26 Å². The predicted octanol–water partition coefficient (Wildman–Crippen LogP) is 3.11. The molecule has 0 N–H and O–H groups in total. The smallest absolute Gasteiger partial charge is 0.269 e. The fraction of sp³-hybridized carbons (Fsp3) is 0.167. The molecule has 8 heteroatoms. The fourth-order valence-corrected chi connectivity index (χ4v) is 3.73. The number of nitriles is 1. The van der Waals surface area contributed by atoms with Crippen LogP contribution in [0.1, 0.15) is 23.4 Å². The summed E-state index contributed by atoms with van der Waals surface area (Å²) in [5.41, 5.74) is 2.45. The second kappa shape index (κ2) is 5.13. The molecule has 8 nitrogen and oxygen atoms in total. The lowest BCUT2D eigenvalue weighted by Crippen LogP contribution is -2.20. The lowest BCUT2D eigenvalue weighted by Gasteiger charge is -2.17. The molecule has 1 aromatic heterocycles. The normalized spacial score (nSPS) is 23.0. The topological polar surface area (TPSA) is 106 Å². The van der Waals surface area contributed by atoms with Gasteiger partial charge in [0, 0.05) is 12.1 Å². The predicted molar refractivity (Wildman–Crippen MR) is 91.3 cm³/mol. The van der Waals surface area contributed by atoms with Crippen molar-refractivity contribution in [3.8, 4) is 6.07 Å². The molecule has 3 heterocycles. The Bertz CT molecular complexity index is 1130. The number of para-hydroxylation sites is 2. The Balaban J connectivity index is 1.59. The van der Waals surface area contributed by atoms with Crippen LogP contribution in [0.5, 0.6) is 0 Å². The molecule has 5 rings (SSSR count). The molecule has 0 radical (unpaired) electrons. The van der Waals surface area contributed by atoms with Crippen LogP contribution in [0.15, 0.2) is 53.7 Å². The van der Waals surface area contributed by atoms with E-state index in [1.165, 1.54) is 12.1 Å². The summed E-state index contributed by atoms with van der Waals surface area (Å²) in [6, 6.07) is 16.1. The summed E-state index contributed by atoms with van der Waals surface area (Å²) < 4.78 is 1.89. The van der Waals surface area contributed by atoms with Gasteiger partial charge < -0.3 is 4.84 Å². The number of hydrogen-bond donors (Lipinski definition) is 0. The zero-order valence-corrected chi connectivity index (χ0v) is 13.3. The van der Waals surface area contributed by atoms with Crippen LogP contribution in [0.25, 0.3) is 11.0 Å². The molecule has 0 fully saturated rings. The molecule has 3 unspecified atom stereocenters. The van der Waals surface area contributed by atoms with Crippen molar-refractivity contribution in [2.24, 2.45) is 11.1 Å². The highest BCUT2D eigenvalue weighted by Gasteiger charge is 2.50. The highest BCUT2D eigenvalue weighted by Crippen LogP contribution is 2.47. The van der Waals surface area contributed by atoms with Gasteiger partial charge in [-0.1, -0.05) is 17.3 Å². The van der Waals surface area contributed by atoms with Crippen molar-refractivity contribution in [3.05, 3.63) is 70.0 Å². The first kappa shape index (κ1) is 14.6. The summed E-state index contributed by atoms with van der Waals surface area (Å²) in [6.07, 6.45) is -0.476. The average molecular weight is 345 g/mol. The Kier molecular flexibility index (Phi) is 2.88. The largest absolute Gasteiger partial charge is 0.385 e. The number of nitrogens with zero attached hydrogens (tertiary/aromatic N) is 5. The SMILES string of the molecule is N#CC1c2nc3ccccc3n2C2=NOC(c3ccc([N+](=O)[O-])cc3)C21. The van der Waals surface area contributed by atoms with E-state index >= 15 is 0 Å². The van der Waals surface area contributed by atoms with E-state index in [1.807, 2.05) is 28.8 Å². The number of hydrogen-bond acceptors (Lipinski definition) is 6. The summed E-state index contributed by atoms with van der Waals surface area (Å²) in [6.45, 7) is 0. The zero-order valence-electron chi connectivity index (χ0n) is 13.3. The van der Waals surface area contributed by atoms with Crippen molar-refractivity contribution in [2.45, 2.75) is 12.0 Å². The molecule has 3 atom stereocenters. The van der Waals surface area contributed by atoms with Crippen molar-refractivity contribution in [2.75, 3.05) is 0 Å². The zero-order chi connectivity index (χ0) is 17.8. The van der Waals surface area contributed by atoms with Crippen LogP contribution in [-0.2, 0) is 4.84 Å². The molecule has 0 aliphatic carbocycles. The lowest BCUT2D eigenvalue weighted by atomic mass is 9.86. The first-order valence-corrected chi connectivity index (χ1v) is 8.04. The van der Waals surface area contributed by atoms with Gasteiger partial charge in [0.05, 0.1) is 27.9 Å². The Hall–Kier alpha value is -3.73. The molecule has 0 saturated carbocycles. The number of non-ortho nitro benzene ring substituents is 1. The number of nitro benzene ring substituents is 1. The third-order valence-corrected chi connectivity index (χ3v) is 4.91. The number of fused-ring (bicyclic) bond motifs is 5. The minimum Gasteiger partial charge on any atom is -0.385 e. The molecule has 126 valence electrons. The van der Waals surface area contributed by atoms with Crippen LogP contribution < -0.4 is 0 Å². The number of rotatable bonds is 2. The van der Waals surface area contributed by atoms with Gasteiger partial charge in [0.15, 0.2) is 11.9 Å². The van der Waals surface area contributed by atoms with Gasteiger partial charge in [-0.3, -0.25) is 14.7 Å². The maximum absolute atomic E-state index is 10.8. The quantitative estimate of drug-likeness (QED) is 0.524. The van der Waals surface area contributed by atoms with E-state index in [4.69, 9.17) is 4.84 Å². The molecule has 0 amide bonds. The summed E-state index contributed by atoms with van der Waals surface area (Å²) in [7, 11) is 0. The Morgan fingerprint density at radius 1 is 1.19 bits per heavy atom. The van der Waals surface area contributed by atoms with Gasteiger partial charge in [-0.15, -0.1) is 0 Å². The molecule has 0 saturated heterocycles. The van der Waals surface area contributed by atoms with Crippen molar-refractivity contribution in [3.63, 3.8) is 0 Å². The Labute approximate surface area is 147 Å². The molecule has 2 aliphatic heterocycles. The highest BCUT2D eigenvalue weighted by atomic mass is 16.6. The van der Waals surface area contributed by atoms with Crippen molar-refractivity contribution >= 4 is 22.6 Å². The second-order valence-electron chi connectivity index (χ2n) is 6.25. The molecule has 3 aromatic rings. The average Bonchev–Trinajstić information content (AvgIpc) is 3.30.